The van der Waals surface area contributed by atoms with Crippen LogP contribution in [0.3, 0.4) is 0 Å². The average Bonchev–Trinajstić information content (AvgIpc) is 2.43. The summed E-state index contributed by atoms with van der Waals surface area (Å²) < 4.78 is 5.14. The van der Waals surface area contributed by atoms with Crippen LogP contribution in [0.5, 0.6) is 0 Å². The summed E-state index contributed by atoms with van der Waals surface area (Å²) >= 11 is 0. The molecule has 0 atom stereocenters. The van der Waals surface area contributed by atoms with Gasteiger partial charge < -0.3 is 4.74 Å². The third-order valence-electron chi connectivity index (χ3n) is 2.22. The zero-order chi connectivity index (χ0) is 15.3. The molecule has 0 fully saturated rings. The van der Waals surface area contributed by atoms with Crippen LogP contribution in [0, 0.1) is 12.8 Å². The Kier molecular flexibility index (Phi) is 13.8. The van der Waals surface area contributed by atoms with Crippen molar-refractivity contribution < 1.29 is 9.53 Å². The number of hydrogen-bond acceptors (Lipinski definition) is 2. The molecular formula is C17H30O2. The first-order chi connectivity index (χ1) is 9.09. The molecule has 1 rings (SSSR count). The fourth-order valence-electron chi connectivity index (χ4n) is 1.16. The van der Waals surface area contributed by atoms with Crippen LogP contribution in [0.4, 0.5) is 0 Å². The van der Waals surface area contributed by atoms with Gasteiger partial charge in [-0.15, -0.1) is 0 Å². The molecule has 0 N–H and O–H groups in total. The van der Waals surface area contributed by atoms with E-state index < -0.39 is 0 Å². The predicted octanol–water partition coefficient (Wildman–Crippen LogP) is 5.25. The van der Waals surface area contributed by atoms with E-state index in [9.17, 15) is 4.79 Å². The van der Waals surface area contributed by atoms with Crippen molar-refractivity contribution in [3.05, 3.63) is 35.4 Å². The topological polar surface area (TPSA) is 26.3 Å². The molecule has 0 unspecified atom stereocenters. The molecule has 0 bridgehead atoms. The Morgan fingerprint density at radius 3 is 1.95 bits per heavy atom. The monoisotopic (exact) mass is 266 g/mol. The highest BCUT2D eigenvalue weighted by atomic mass is 16.5. The van der Waals surface area contributed by atoms with Gasteiger partial charge in [0.1, 0.15) is 0 Å². The van der Waals surface area contributed by atoms with Crippen molar-refractivity contribution in [3.63, 3.8) is 0 Å². The lowest BCUT2D eigenvalue weighted by Gasteiger charge is -2.06. The van der Waals surface area contributed by atoms with Crippen LogP contribution in [0.25, 0.3) is 0 Å². The molecule has 2 heteroatoms. The van der Waals surface area contributed by atoms with E-state index in [1.165, 1.54) is 0 Å². The van der Waals surface area contributed by atoms with Crippen molar-refractivity contribution in [1.82, 2.24) is 0 Å². The minimum Gasteiger partial charge on any atom is -0.462 e. The minimum atomic E-state index is -0.226. The van der Waals surface area contributed by atoms with Crippen LogP contribution < -0.4 is 0 Å². The van der Waals surface area contributed by atoms with E-state index in [-0.39, 0.29) is 5.97 Å². The molecule has 19 heavy (non-hydrogen) atoms. The first-order valence-corrected chi connectivity index (χ1v) is 7.33. The molecule has 110 valence electrons. The summed E-state index contributed by atoms with van der Waals surface area (Å²) in [6.07, 6.45) is 0.914. The molecule has 1 aromatic carbocycles. The van der Waals surface area contributed by atoms with E-state index >= 15 is 0 Å². The third kappa shape index (κ3) is 10.3. The third-order valence-corrected chi connectivity index (χ3v) is 2.22. The van der Waals surface area contributed by atoms with Gasteiger partial charge in [0.15, 0.2) is 0 Å². The van der Waals surface area contributed by atoms with Gasteiger partial charge in [-0.1, -0.05) is 59.2 Å². The summed E-state index contributed by atoms with van der Waals surface area (Å²) in [7, 11) is 0. The fraction of sp³-hybridized carbons (Fsp3) is 0.588. The van der Waals surface area contributed by atoms with Crippen molar-refractivity contribution in [1.29, 1.82) is 0 Å². The molecule has 0 aliphatic rings. The lowest BCUT2D eigenvalue weighted by atomic mass is 10.1. The standard InChI is InChI=1S/C13H18O2.2C2H6/c1-10(2)8-9-15-13(14)12-6-4-11(3)5-7-12;2*1-2/h4-7,10H,8-9H2,1-3H3;2*1-2H3. The number of benzene rings is 1. The number of aryl methyl sites for hydroxylation is 1. The van der Waals surface area contributed by atoms with Gasteiger partial charge in [0.2, 0.25) is 0 Å². The van der Waals surface area contributed by atoms with Crippen molar-refractivity contribution in [2.75, 3.05) is 6.61 Å². The predicted molar refractivity (Wildman–Crippen MR) is 83.6 cm³/mol. The van der Waals surface area contributed by atoms with Crippen molar-refractivity contribution in [3.8, 4) is 0 Å². The minimum absolute atomic E-state index is 0.226. The summed E-state index contributed by atoms with van der Waals surface area (Å²) in [6.45, 7) is 14.7. The highest BCUT2D eigenvalue weighted by Crippen LogP contribution is 2.06. The zero-order valence-electron chi connectivity index (χ0n) is 13.6. The van der Waals surface area contributed by atoms with E-state index in [2.05, 4.69) is 13.8 Å². The molecular weight excluding hydrogens is 236 g/mol. The van der Waals surface area contributed by atoms with Gasteiger partial charge in [-0.25, -0.2) is 4.79 Å². The normalized spacial score (nSPS) is 8.84. The molecule has 0 heterocycles. The van der Waals surface area contributed by atoms with Crippen LogP contribution in [-0.4, -0.2) is 12.6 Å². The first-order valence-electron chi connectivity index (χ1n) is 7.33. The van der Waals surface area contributed by atoms with E-state index in [0.717, 1.165) is 12.0 Å². The van der Waals surface area contributed by atoms with Gasteiger partial charge in [0.05, 0.1) is 12.2 Å². The summed E-state index contributed by atoms with van der Waals surface area (Å²) in [5, 5.41) is 0. The highest BCUT2D eigenvalue weighted by Gasteiger charge is 2.06. The second-order valence-electron chi connectivity index (χ2n) is 4.18. The summed E-state index contributed by atoms with van der Waals surface area (Å²) in [5.74, 6) is 0.339. The Balaban J connectivity index is 0. The molecule has 0 spiro atoms. The molecule has 0 saturated heterocycles. The van der Waals surface area contributed by atoms with Crippen LogP contribution in [-0.2, 0) is 4.74 Å². The SMILES string of the molecule is CC.CC.Cc1ccc(C(=O)OCCC(C)C)cc1. The quantitative estimate of drug-likeness (QED) is 0.696. The Labute approximate surface area is 119 Å². The van der Waals surface area contributed by atoms with Crippen LogP contribution in [0.1, 0.15) is 63.9 Å². The van der Waals surface area contributed by atoms with Gasteiger partial charge in [-0.2, -0.15) is 0 Å². The Morgan fingerprint density at radius 1 is 1.05 bits per heavy atom. The van der Waals surface area contributed by atoms with Gasteiger partial charge in [-0.05, 0) is 31.4 Å². The first kappa shape index (κ1) is 20.0. The second kappa shape index (κ2) is 13.1. The average molecular weight is 266 g/mol. The molecule has 0 aliphatic carbocycles. The van der Waals surface area contributed by atoms with E-state index in [4.69, 9.17) is 4.74 Å². The Bertz CT molecular complexity index is 313. The van der Waals surface area contributed by atoms with Crippen LogP contribution >= 0.6 is 0 Å². The highest BCUT2D eigenvalue weighted by molar-refractivity contribution is 5.89. The zero-order valence-corrected chi connectivity index (χ0v) is 13.6. The number of esters is 1. The molecule has 0 saturated carbocycles. The molecule has 0 radical (unpaired) electrons. The van der Waals surface area contributed by atoms with Crippen molar-refractivity contribution in [2.45, 2.75) is 54.9 Å². The molecule has 1 aromatic rings. The van der Waals surface area contributed by atoms with Gasteiger partial charge in [0.25, 0.3) is 0 Å². The summed E-state index contributed by atoms with van der Waals surface area (Å²) in [5.41, 5.74) is 1.78. The van der Waals surface area contributed by atoms with E-state index in [0.29, 0.717) is 18.1 Å². The number of ether oxygens (including phenoxy) is 1. The summed E-state index contributed by atoms with van der Waals surface area (Å²) in [4.78, 5) is 11.5. The summed E-state index contributed by atoms with van der Waals surface area (Å²) in [6, 6.07) is 7.43. The Hall–Kier alpha value is -1.31. The Morgan fingerprint density at radius 2 is 1.53 bits per heavy atom. The van der Waals surface area contributed by atoms with Gasteiger partial charge in [0, 0.05) is 0 Å². The molecule has 0 aliphatic heterocycles. The number of hydrogen-bond donors (Lipinski definition) is 0. The van der Waals surface area contributed by atoms with Crippen molar-refractivity contribution >= 4 is 5.97 Å². The van der Waals surface area contributed by atoms with E-state index in [1.54, 1.807) is 12.1 Å². The van der Waals surface area contributed by atoms with Crippen LogP contribution in [0.15, 0.2) is 24.3 Å². The smallest absolute Gasteiger partial charge is 0.338 e. The number of carbonyl (C=O) groups excluding carboxylic acids is 1. The van der Waals surface area contributed by atoms with Crippen molar-refractivity contribution in [2.24, 2.45) is 5.92 Å². The molecule has 2 nitrogen and oxygen atoms in total. The molecule has 0 aromatic heterocycles. The largest absolute Gasteiger partial charge is 0.462 e. The lowest BCUT2D eigenvalue weighted by Crippen LogP contribution is -2.07. The number of carbonyl (C=O) groups is 1. The fourth-order valence-corrected chi connectivity index (χ4v) is 1.16. The molecule has 0 amide bonds. The lowest BCUT2D eigenvalue weighted by molar-refractivity contribution is 0.0488. The second-order valence-corrected chi connectivity index (χ2v) is 4.18. The van der Waals surface area contributed by atoms with Crippen LogP contribution in [0.2, 0.25) is 0 Å². The maximum absolute atomic E-state index is 11.5. The van der Waals surface area contributed by atoms with Gasteiger partial charge in [-0.3, -0.25) is 0 Å². The van der Waals surface area contributed by atoms with Gasteiger partial charge >= 0.3 is 5.97 Å². The maximum Gasteiger partial charge on any atom is 0.338 e. The van der Waals surface area contributed by atoms with E-state index in [1.807, 2.05) is 46.8 Å². The number of rotatable bonds is 4. The maximum atomic E-state index is 11.5.